The average Bonchev–Trinajstić information content (AvgIpc) is 2.52. The average molecular weight is 298 g/mol. The molecule has 0 amide bonds. The zero-order valence-electron chi connectivity index (χ0n) is 11.2. The molecule has 0 heterocycles. The molecule has 110 valence electrons. The molecule has 2 rings (SSSR count). The second-order valence-electron chi connectivity index (χ2n) is 4.19. The summed E-state index contributed by atoms with van der Waals surface area (Å²) in [6.07, 6.45) is 2.72. The van der Waals surface area contributed by atoms with Crippen molar-refractivity contribution in [1.29, 1.82) is 0 Å². The van der Waals surface area contributed by atoms with Crippen molar-refractivity contribution < 1.29 is 9.85 Å². The third-order valence-electron chi connectivity index (χ3n) is 2.64. The van der Waals surface area contributed by atoms with Gasteiger partial charge in [0.1, 0.15) is 0 Å². The highest BCUT2D eigenvalue weighted by Crippen LogP contribution is 2.12. The summed E-state index contributed by atoms with van der Waals surface area (Å²) in [5.41, 5.74) is 0.994. The van der Waals surface area contributed by atoms with Crippen LogP contribution in [-0.2, 0) is 0 Å². The molecule has 2 aromatic carbocycles. The van der Waals surface area contributed by atoms with Gasteiger partial charge in [0.15, 0.2) is 0 Å². The number of hydrogen-bond donors (Lipinski definition) is 0. The van der Waals surface area contributed by atoms with Crippen LogP contribution in [0.2, 0.25) is 0 Å². The molecule has 0 aliphatic carbocycles. The number of nitro groups is 2. The molecule has 2 aromatic rings. The Morgan fingerprint density at radius 3 is 1.55 bits per heavy atom. The van der Waals surface area contributed by atoms with Gasteiger partial charge >= 0.3 is 0 Å². The monoisotopic (exact) mass is 298 g/mol. The molecular weight excluding hydrogens is 288 g/mol. The zero-order valence-corrected chi connectivity index (χ0v) is 11.2. The smallest absolute Gasteiger partial charge is 0.258 e. The van der Waals surface area contributed by atoms with Crippen molar-refractivity contribution in [3.63, 3.8) is 0 Å². The normalized spacial score (nSPS) is 11.1. The van der Waals surface area contributed by atoms with Gasteiger partial charge in [-0.05, 0) is 0 Å². The Morgan fingerprint density at radius 2 is 1.18 bits per heavy atom. The highest BCUT2D eigenvalue weighted by molar-refractivity contribution is 5.83. The molecule has 0 aliphatic rings. The molecule has 0 spiro atoms. The van der Waals surface area contributed by atoms with Gasteiger partial charge in [-0.1, -0.05) is 24.3 Å². The van der Waals surface area contributed by atoms with E-state index in [0.29, 0.717) is 11.1 Å². The Morgan fingerprint density at radius 1 is 0.773 bits per heavy atom. The number of rotatable bonds is 5. The molecule has 0 saturated heterocycles. The predicted molar refractivity (Wildman–Crippen MR) is 81.4 cm³/mol. The molecular formula is C14H10N4O4. The van der Waals surface area contributed by atoms with Crippen molar-refractivity contribution in [2.24, 2.45) is 10.2 Å². The molecule has 0 aromatic heterocycles. The maximum absolute atomic E-state index is 10.6. The molecule has 0 bridgehead atoms. The van der Waals surface area contributed by atoms with Gasteiger partial charge in [0.25, 0.3) is 11.4 Å². The third kappa shape index (κ3) is 4.04. The highest BCUT2D eigenvalue weighted by Gasteiger charge is 2.04. The van der Waals surface area contributed by atoms with Gasteiger partial charge in [-0.25, -0.2) is 0 Å². The van der Waals surface area contributed by atoms with Crippen LogP contribution in [0.25, 0.3) is 0 Å². The molecule has 0 saturated carbocycles. The maximum Gasteiger partial charge on any atom is 0.270 e. The summed E-state index contributed by atoms with van der Waals surface area (Å²) in [5, 5.41) is 28.8. The van der Waals surface area contributed by atoms with Crippen LogP contribution in [-0.4, -0.2) is 22.3 Å². The fourth-order valence-electron chi connectivity index (χ4n) is 1.64. The minimum absolute atomic E-state index is 0.0355. The fourth-order valence-corrected chi connectivity index (χ4v) is 1.64. The predicted octanol–water partition coefficient (Wildman–Crippen LogP) is 2.96. The van der Waals surface area contributed by atoms with Crippen LogP contribution in [0, 0.1) is 20.2 Å². The summed E-state index contributed by atoms with van der Waals surface area (Å²) in [4.78, 5) is 20.3. The van der Waals surface area contributed by atoms with E-state index in [2.05, 4.69) is 10.2 Å². The standard InChI is InChI=1S/C14H10N4O4/c19-17(20)13-5-1-3-11(7-13)9-15-16-10-12-4-2-6-14(8-12)18(21)22/h1-10H/b15-9-,16-10-. The van der Waals surface area contributed by atoms with Crippen LogP contribution in [0.3, 0.4) is 0 Å². The minimum atomic E-state index is -0.496. The van der Waals surface area contributed by atoms with Crippen molar-refractivity contribution in [2.75, 3.05) is 0 Å². The molecule has 0 atom stereocenters. The van der Waals surface area contributed by atoms with E-state index >= 15 is 0 Å². The van der Waals surface area contributed by atoms with Gasteiger partial charge in [0.05, 0.1) is 22.3 Å². The molecule has 0 aliphatic heterocycles. The quantitative estimate of drug-likeness (QED) is 0.480. The van der Waals surface area contributed by atoms with Gasteiger partial charge in [-0.2, -0.15) is 10.2 Å². The van der Waals surface area contributed by atoms with Crippen molar-refractivity contribution >= 4 is 23.8 Å². The van der Waals surface area contributed by atoms with Crippen LogP contribution in [0.1, 0.15) is 11.1 Å². The van der Waals surface area contributed by atoms with E-state index in [4.69, 9.17) is 0 Å². The van der Waals surface area contributed by atoms with E-state index in [0.717, 1.165) is 0 Å². The summed E-state index contributed by atoms with van der Waals surface area (Å²) in [5.74, 6) is 0. The summed E-state index contributed by atoms with van der Waals surface area (Å²) in [7, 11) is 0. The van der Waals surface area contributed by atoms with Crippen LogP contribution < -0.4 is 0 Å². The SMILES string of the molecule is O=[N+]([O-])c1cccc(/C=N\N=C/c2cccc([N+](=O)[O-])c2)c1. The summed E-state index contributed by atoms with van der Waals surface area (Å²) in [6.45, 7) is 0. The third-order valence-corrected chi connectivity index (χ3v) is 2.64. The Kier molecular flexibility index (Phi) is 4.66. The van der Waals surface area contributed by atoms with E-state index < -0.39 is 9.85 Å². The molecule has 22 heavy (non-hydrogen) atoms. The lowest BCUT2D eigenvalue weighted by Gasteiger charge is -1.93. The van der Waals surface area contributed by atoms with Gasteiger partial charge < -0.3 is 0 Å². The Balaban J connectivity index is 2.09. The van der Waals surface area contributed by atoms with E-state index in [1.807, 2.05) is 0 Å². The van der Waals surface area contributed by atoms with E-state index in [-0.39, 0.29) is 11.4 Å². The van der Waals surface area contributed by atoms with Gasteiger partial charge in [0.2, 0.25) is 0 Å². The second-order valence-corrected chi connectivity index (χ2v) is 4.19. The first-order valence-corrected chi connectivity index (χ1v) is 6.11. The fraction of sp³-hybridized carbons (Fsp3) is 0. The maximum atomic E-state index is 10.6. The number of nitrogens with zero attached hydrogens (tertiary/aromatic N) is 4. The summed E-state index contributed by atoms with van der Waals surface area (Å²) in [6, 6.07) is 11.9. The first-order chi connectivity index (χ1) is 10.6. The summed E-state index contributed by atoms with van der Waals surface area (Å²) >= 11 is 0. The number of non-ortho nitro benzene ring substituents is 2. The first-order valence-electron chi connectivity index (χ1n) is 6.11. The number of hydrogen-bond acceptors (Lipinski definition) is 6. The molecule has 0 radical (unpaired) electrons. The van der Waals surface area contributed by atoms with Crippen molar-refractivity contribution in [2.45, 2.75) is 0 Å². The Hall–Kier alpha value is -3.42. The minimum Gasteiger partial charge on any atom is -0.258 e. The lowest BCUT2D eigenvalue weighted by Crippen LogP contribution is -1.90. The van der Waals surface area contributed by atoms with Crippen molar-refractivity contribution in [3.05, 3.63) is 79.9 Å². The lowest BCUT2D eigenvalue weighted by molar-refractivity contribution is -0.385. The lowest BCUT2D eigenvalue weighted by atomic mass is 10.2. The van der Waals surface area contributed by atoms with Crippen LogP contribution in [0.15, 0.2) is 58.7 Å². The Labute approximate surface area is 124 Å². The van der Waals surface area contributed by atoms with E-state index in [9.17, 15) is 20.2 Å². The highest BCUT2D eigenvalue weighted by atomic mass is 16.6. The topological polar surface area (TPSA) is 111 Å². The second kappa shape index (κ2) is 6.84. The van der Waals surface area contributed by atoms with Crippen molar-refractivity contribution in [3.8, 4) is 0 Å². The zero-order chi connectivity index (χ0) is 15.9. The first kappa shape index (κ1) is 15.0. The number of benzene rings is 2. The van der Waals surface area contributed by atoms with Crippen molar-refractivity contribution in [1.82, 2.24) is 0 Å². The van der Waals surface area contributed by atoms with Crippen LogP contribution >= 0.6 is 0 Å². The molecule has 0 N–H and O–H groups in total. The molecule has 8 heteroatoms. The number of nitro benzene ring substituents is 2. The van der Waals surface area contributed by atoms with Gasteiger partial charge in [-0.15, -0.1) is 0 Å². The van der Waals surface area contributed by atoms with E-state index in [1.54, 1.807) is 24.3 Å². The largest absolute Gasteiger partial charge is 0.270 e. The van der Waals surface area contributed by atoms with Gasteiger partial charge in [0, 0.05) is 35.4 Å². The summed E-state index contributed by atoms with van der Waals surface area (Å²) < 4.78 is 0. The Bertz CT molecular complexity index is 705. The molecule has 8 nitrogen and oxygen atoms in total. The van der Waals surface area contributed by atoms with E-state index in [1.165, 1.54) is 36.7 Å². The van der Waals surface area contributed by atoms with Crippen LogP contribution in [0.4, 0.5) is 11.4 Å². The van der Waals surface area contributed by atoms with Crippen LogP contribution in [0.5, 0.6) is 0 Å². The molecule has 0 fully saturated rings. The molecule has 0 unspecified atom stereocenters. The van der Waals surface area contributed by atoms with Gasteiger partial charge in [-0.3, -0.25) is 20.2 Å².